The number of likely N-dealkylation sites (N-methyl/N-ethyl adjacent to an activating group) is 1. The van der Waals surface area contributed by atoms with Crippen LogP contribution in [0.4, 0.5) is 0 Å². The lowest BCUT2D eigenvalue weighted by Crippen LogP contribution is -2.25. The molecule has 0 aliphatic heterocycles. The zero-order chi connectivity index (χ0) is 14.4. The first-order valence-electron chi connectivity index (χ1n) is 7.10. The Morgan fingerprint density at radius 2 is 2.00 bits per heavy atom. The molecule has 1 atom stereocenters. The van der Waals surface area contributed by atoms with E-state index in [0.29, 0.717) is 0 Å². The van der Waals surface area contributed by atoms with Crippen LogP contribution in [0.15, 0.2) is 30.5 Å². The summed E-state index contributed by atoms with van der Waals surface area (Å²) in [5.74, 6) is 0. The minimum absolute atomic E-state index is 0.225. The Kier molecular flexibility index (Phi) is 5.56. The van der Waals surface area contributed by atoms with Crippen LogP contribution >= 0.6 is 11.6 Å². The van der Waals surface area contributed by atoms with E-state index in [4.69, 9.17) is 11.6 Å². The summed E-state index contributed by atoms with van der Waals surface area (Å²) in [6.07, 6.45) is 3.82. The third kappa shape index (κ3) is 3.81. The highest BCUT2D eigenvalue weighted by Gasteiger charge is 2.16. The van der Waals surface area contributed by atoms with Gasteiger partial charge in [0.15, 0.2) is 0 Å². The van der Waals surface area contributed by atoms with Crippen LogP contribution in [0.2, 0.25) is 5.02 Å². The summed E-state index contributed by atoms with van der Waals surface area (Å²) in [7, 11) is 0. The maximum atomic E-state index is 5.94. The SMILES string of the molecule is CCCn1nncc1C(Cc1ccc(Cl)cc1)NCC. The van der Waals surface area contributed by atoms with E-state index in [-0.39, 0.29) is 6.04 Å². The van der Waals surface area contributed by atoms with Gasteiger partial charge < -0.3 is 5.32 Å². The van der Waals surface area contributed by atoms with Crippen molar-refractivity contribution in [1.29, 1.82) is 0 Å². The molecule has 0 radical (unpaired) electrons. The van der Waals surface area contributed by atoms with Gasteiger partial charge in [-0.1, -0.05) is 42.8 Å². The fraction of sp³-hybridized carbons (Fsp3) is 0.467. The minimum Gasteiger partial charge on any atom is -0.309 e. The Balaban J connectivity index is 2.17. The molecule has 4 nitrogen and oxygen atoms in total. The van der Waals surface area contributed by atoms with E-state index in [1.165, 1.54) is 5.56 Å². The topological polar surface area (TPSA) is 42.7 Å². The lowest BCUT2D eigenvalue weighted by Gasteiger charge is -2.18. The van der Waals surface area contributed by atoms with Crippen LogP contribution in [0.1, 0.15) is 37.6 Å². The average Bonchev–Trinajstić information content (AvgIpc) is 2.89. The second-order valence-electron chi connectivity index (χ2n) is 4.82. The highest BCUT2D eigenvalue weighted by Crippen LogP contribution is 2.19. The molecule has 0 spiro atoms. The van der Waals surface area contributed by atoms with Crippen LogP contribution in [-0.2, 0) is 13.0 Å². The van der Waals surface area contributed by atoms with Crippen LogP contribution in [0, 0.1) is 0 Å². The van der Waals surface area contributed by atoms with Gasteiger partial charge in [0.1, 0.15) is 0 Å². The lowest BCUT2D eigenvalue weighted by molar-refractivity contribution is 0.474. The minimum atomic E-state index is 0.225. The molecule has 1 aromatic carbocycles. The van der Waals surface area contributed by atoms with E-state index in [9.17, 15) is 0 Å². The monoisotopic (exact) mass is 292 g/mol. The van der Waals surface area contributed by atoms with Crippen molar-refractivity contribution in [2.24, 2.45) is 0 Å². The summed E-state index contributed by atoms with van der Waals surface area (Å²) in [5.41, 5.74) is 2.40. The van der Waals surface area contributed by atoms with Crippen LogP contribution in [0.5, 0.6) is 0 Å². The Hall–Kier alpha value is -1.39. The maximum Gasteiger partial charge on any atom is 0.0759 e. The van der Waals surface area contributed by atoms with Gasteiger partial charge in [0.2, 0.25) is 0 Å². The Morgan fingerprint density at radius 1 is 1.25 bits per heavy atom. The number of aryl methyl sites for hydroxylation is 1. The van der Waals surface area contributed by atoms with Crippen molar-refractivity contribution in [3.8, 4) is 0 Å². The average molecular weight is 293 g/mol. The van der Waals surface area contributed by atoms with Gasteiger partial charge in [0, 0.05) is 11.6 Å². The van der Waals surface area contributed by atoms with E-state index in [0.717, 1.165) is 36.6 Å². The molecule has 20 heavy (non-hydrogen) atoms. The molecule has 1 heterocycles. The first kappa shape index (κ1) is 15.0. The fourth-order valence-corrected chi connectivity index (χ4v) is 2.43. The first-order valence-corrected chi connectivity index (χ1v) is 7.48. The fourth-order valence-electron chi connectivity index (χ4n) is 2.30. The van der Waals surface area contributed by atoms with E-state index >= 15 is 0 Å². The molecule has 1 unspecified atom stereocenters. The predicted molar refractivity (Wildman–Crippen MR) is 81.9 cm³/mol. The Labute approximate surface area is 125 Å². The quantitative estimate of drug-likeness (QED) is 0.852. The smallest absolute Gasteiger partial charge is 0.0759 e. The van der Waals surface area contributed by atoms with Crippen molar-refractivity contribution in [2.45, 2.75) is 39.3 Å². The molecule has 1 aromatic heterocycles. The molecule has 108 valence electrons. The first-order chi connectivity index (χ1) is 9.74. The third-order valence-corrected chi connectivity index (χ3v) is 3.50. The summed E-state index contributed by atoms with van der Waals surface area (Å²) in [4.78, 5) is 0. The van der Waals surface area contributed by atoms with Crippen molar-refractivity contribution in [3.63, 3.8) is 0 Å². The van der Waals surface area contributed by atoms with Gasteiger partial charge in [0.05, 0.1) is 17.9 Å². The van der Waals surface area contributed by atoms with Gasteiger partial charge in [-0.3, -0.25) is 0 Å². The van der Waals surface area contributed by atoms with Crippen molar-refractivity contribution in [3.05, 3.63) is 46.7 Å². The number of hydrogen-bond donors (Lipinski definition) is 1. The molecular weight excluding hydrogens is 272 g/mol. The van der Waals surface area contributed by atoms with E-state index in [1.54, 1.807) is 0 Å². The Bertz CT molecular complexity index is 521. The van der Waals surface area contributed by atoms with Crippen LogP contribution < -0.4 is 5.32 Å². The van der Waals surface area contributed by atoms with Crippen LogP contribution in [0.25, 0.3) is 0 Å². The standard InChI is InChI=1S/C15H21ClN4/c1-3-9-20-15(11-18-19-20)14(17-4-2)10-12-5-7-13(16)8-6-12/h5-8,11,14,17H,3-4,9-10H2,1-2H3. The maximum absolute atomic E-state index is 5.94. The van der Waals surface area contributed by atoms with Crippen molar-refractivity contribution >= 4 is 11.6 Å². The van der Waals surface area contributed by atoms with Gasteiger partial charge in [-0.2, -0.15) is 0 Å². The van der Waals surface area contributed by atoms with Crippen molar-refractivity contribution in [1.82, 2.24) is 20.3 Å². The van der Waals surface area contributed by atoms with Gasteiger partial charge in [-0.05, 0) is 37.1 Å². The molecule has 0 aliphatic carbocycles. The van der Waals surface area contributed by atoms with E-state index in [2.05, 4.69) is 41.6 Å². The molecule has 0 saturated carbocycles. The molecule has 2 rings (SSSR count). The number of aromatic nitrogens is 3. The molecule has 2 aromatic rings. The van der Waals surface area contributed by atoms with Crippen LogP contribution in [0.3, 0.4) is 0 Å². The van der Waals surface area contributed by atoms with Gasteiger partial charge in [0.25, 0.3) is 0 Å². The molecule has 0 bridgehead atoms. The largest absolute Gasteiger partial charge is 0.309 e. The molecule has 5 heteroatoms. The number of nitrogens with one attached hydrogen (secondary N) is 1. The highest BCUT2D eigenvalue weighted by molar-refractivity contribution is 6.30. The normalized spacial score (nSPS) is 12.6. The van der Waals surface area contributed by atoms with Gasteiger partial charge >= 0.3 is 0 Å². The molecular formula is C15H21ClN4. The molecule has 0 fully saturated rings. The lowest BCUT2D eigenvalue weighted by atomic mass is 10.0. The number of rotatable bonds is 7. The van der Waals surface area contributed by atoms with E-state index < -0.39 is 0 Å². The second-order valence-corrected chi connectivity index (χ2v) is 5.26. The molecule has 0 aliphatic rings. The number of hydrogen-bond acceptors (Lipinski definition) is 3. The summed E-state index contributed by atoms with van der Waals surface area (Å²) in [6, 6.07) is 8.23. The molecule has 0 saturated heterocycles. The molecule has 0 amide bonds. The van der Waals surface area contributed by atoms with Gasteiger partial charge in [-0.25, -0.2) is 4.68 Å². The Morgan fingerprint density at radius 3 is 2.65 bits per heavy atom. The second kappa shape index (κ2) is 7.41. The highest BCUT2D eigenvalue weighted by atomic mass is 35.5. The third-order valence-electron chi connectivity index (χ3n) is 3.24. The van der Waals surface area contributed by atoms with E-state index in [1.807, 2.05) is 23.0 Å². The summed E-state index contributed by atoms with van der Waals surface area (Å²) in [5, 5.41) is 12.5. The number of nitrogens with zero attached hydrogens (tertiary/aromatic N) is 3. The van der Waals surface area contributed by atoms with Gasteiger partial charge in [-0.15, -0.1) is 5.10 Å². The summed E-state index contributed by atoms with van der Waals surface area (Å²) in [6.45, 7) is 6.07. The predicted octanol–water partition coefficient (Wildman–Crippen LogP) is 3.23. The number of halogens is 1. The van der Waals surface area contributed by atoms with Crippen molar-refractivity contribution in [2.75, 3.05) is 6.54 Å². The van der Waals surface area contributed by atoms with Crippen LogP contribution in [-0.4, -0.2) is 21.5 Å². The zero-order valence-corrected chi connectivity index (χ0v) is 12.8. The summed E-state index contributed by atoms with van der Waals surface area (Å²) >= 11 is 5.94. The summed E-state index contributed by atoms with van der Waals surface area (Å²) < 4.78 is 1.99. The van der Waals surface area contributed by atoms with Crippen molar-refractivity contribution < 1.29 is 0 Å². The molecule has 1 N–H and O–H groups in total. The zero-order valence-electron chi connectivity index (χ0n) is 12.0. The number of benzene rings is 1.